The summed E-state index contributed by atoms with van der Waals surface area (Å²) in [5.74, 6) is 0.668. The zero-order valence-electron chi connectivity index (χ0n) is 53.0. The van der Waals surface area contributed by atoms with Crippen LogP contribution in [0.15, 0.2) is 237 Å². The van der Waals surface area contributed by atoms with Crippen molar-refractivity contribution < 1.29 is 216 Å². The van der Waals surface area contributed by atoms with Crippen LogP contribution in [0.4, 0.5) is 0 Å². The Hall–Kier alpha value is -7.90. The molecule has 8 rings (SSSR count). The summed E-state index contributed by atoms with van der Waals surface area (Å²) in [6, 6.07) is 57.0. The molecular formula is C64H86Mn6N6O22. The van der Waals surface area contributed by atoms with Crippen LogP contribution >= 0.6 is 0 Å². The second kappa shape index (κ2) is 85.2. The van der Waals surface area contributed by atoms with Gasteiger partial charge in [0.2, 0.25) is 0 Å². The van der Waals surface area contributed by atoms with Crippen LogP contribution in [0.1, 0.15) is 84.8 Å². The van der Waals surface area contributed by atoms with Crippen molar-refractivity contribution in [3.63, 3.8) is 0 Å². The first kappa shape index (κ1) is 117. The van der Waals surface area contributed by atoms with E-state index < -0.39 is 12.6 Å². The molecule has 6 radical (unpaired) electrons. The van der Waals surface area contributed by atoms with Crippen molar-refractivity contribution in [3.8, 4) is 34.5 Å². The minimum Gasteiger partial charge on any atom is -0.507 e. The summed E-state index contributed by atoms with van der Waals surface area (Å²) in [5.41, 5.74) is 4.08. The molecule has 28 nitrogen and oxygen atoms in total. The van der Waals surface area contributed by atoms with E-state index in [1.807, 2.05) is 12.1 Å². The Morgan fingerprint density at radius 1 is 0.245 bits per heavy atom. The van der Waals surface area contributed by atoms with Crippen molar-refractivity contribution in [2.75, 3.05) is 26.4 Å². The number of phenols is 6. The van der Waals surface area contributed by atoms with E-state index in [1.54, 1.807) is 185 Å². The number of para-hydroxylation sites is 6. The van der Waals surface area contributed by atoms with E-state index in [0.717, 1.165) is 0 Å². The second-order valence-electron chi connectivity index (χ2n) is 15.7. The molecular weight excluding hydrogens is 1530 g/mol. The fraction of sp³-hybridized carbons (Fsp3) is 0.156. The maximum absolute atomic E-state index is 9.04. The zero-order chi connectivity index (χ0) is 68.6. The molecule has 0 unspecified atom stereocenters. The van der Waals surface area contributed by atoms with Crippen LogP contribution in [0.25, 0.3) is 0 Å². The number of hydrogen-bond acceptors (Lipinski definition) is 26. The first-order valence-corrected chi connectivity index (χ1v) is 26.3. The van der Waals surface area contributed by atoms with E-state index in [2.05, 4.69) is 30.9 Å². The van der Waals surface area contributed by atoms with E-state index in [4.69, 9.17) is 103 Å². The largest absolute Gasteiger partial charge is 0.507 e. The van der Waals surface area contributed by atoms with E-state index in [9.17, 15) is 0 Å². The molecule has 0 spiro atoms. The van der Waals surface area contributed by atoms with Gasteiger partial charge in [-0.15, -0.1) is 0 Å². The molecule has 0 amide bonds. The van der Waals surface area contributed by atoms with E-state index in [-0.39, 0.29) is 174 Å². The molecule has 546 valence electrons. The fourth-order valence-electron chi connectivity index (χ4n) is 5.20. The Kier molecular flexibility index (Phi) is 102. The number of nitrogens with zero attached hydrogens (tertiary/aromatic N) is 6. The van der Waals surface area contributed by atoms with Crippen LogP contribution in [0.5, 0.6) is 34.5 Å². The van der Waals surface area contributed by atoms with Crippen molar-refractivity contribution in [1.29, 1.82) is 0 Å². The molecule has 0 fully saturated rings. The van der Waals surface area contributed by atoms with Gasteiger partial charge in [0.15, 0.2) is 12.6 Å². The number of aromatic hydroxyl groups is 6. The molecule has 0 bridgehead atoms. The second-order valence-corrected chi connectivity index (χ2v) is 15.7. The van der Waals surface area contributed by atoms with Crippen molar-refractivity contribution in [3.05, 3.63) is 251 Å². The number of benzene rings is 8. The zero-order valence-corrected chi connectivity index (χ0v) is 60.1. The van der Waals surface area contributed by atoms with Crippen LogP contribution in [-0.4, -0.2) is 177 Å². The summed E-state index contributed by atoms with van der Waals surface area (Å²) in [5, 5.41) is 184. The molecule has 34 heteroatoms. The van der Waals surface area contributed by atoms with Gasteiger partial charge >= 0.3 is 0 Å². The van der Waals surface area contributed by atoms with Gasteiger partial charge in [-0.05, 0) is 100 Å². The average Bonchev–Trinajstić information content (AvgIpc) is 2.32. The molecule has 0 saturated heterocycles. The van der Waals surface area contributed by atoms with E-state index in [0.29, 0.717) is 44.5 Å². The number of hydrogen-bond donors (Lipinski definition) is 20. The predicted molar refractivity (Wildman–Crippen MR) is 350 cm³/mol. The molecule has 0 aliphatic rings. The van der Waals surface area contributed by atoms with Crippen molar-refractivity contribution in [2.45, 2.75) is 40.3 Å². The molecule has 0 aliphatic heterocycles. The van der Waals surface area contributed by atoms with Crippen molar-refractivity contribution >= 4 is 37.3 Å². The van der Waals surface area contributed by atoms with E-state index in [1.165, 1.54) is 73.7 Å². The Bertz CT molecular complexity index is 2690. The number of aliphatic hydroxyl groups is 8. The smallest absolute Gasteiger partial charge is 0.178 e. The van der Waals surface area contributed by atoms with Crippen LogP contribution in [0.2, 0.25) is 0 Å². The summed E-state index contributed by atoms with van der Waals surface area (Å²) >= 11 is 0. The van der Waals surface area contributed by atoms with Gasteiger partial charge in [0, 0.05) is 173 Å². The maximum atomic E-state index is 9.04. The normalized spacial score (nSPS) is 8.96. The summed E-state index contributed by atoms with van der Waals surface area (Å²) < 4.78 is 0. The third-order valence-corrected chi connectivity index (χ3v) is 9.00. The monoisotopic (exact) mass is 1620 g/mol. The molecule has 8 aromatic carbocycles. The SMILES string of the molecule is CCO.CCO.CCO.CCO.O.O.OC(O)c1ccccc1.OC(O)c1ccccc1.ON=Cc1ccccc1O.ON=Cc1ccccc1O.ON=Cc1ccccc1O.ON=Cc1ccccc1O.ON=Cc1ccccc1O.ON=Cc1ccccc1O.[Mn].[Mn].[Mn].[Mn].[Mn].[Mn]. The topological polar surface area (TPSA) is 542 Å². The number of phenolic OH excluding ortho intramolecular Hbond substituents is 6. The standard InChI is InChI=1S/6C7H7NO2.2C7H8O2.4C2H6O.6Mn.2H2O/c6*9-7-4-2-1-3-6(7)5-8-10;2*8-7(9)6-4-2-1-3-5-6;4*1-2-3;;;;;;;;/h6*1-5,9-10H;2*1-5,7-9H;4*3H,2H2,1H3;;;;;;;2*1H2. The predicted octanol–water partition coefficient (Wildman–Crippen LogP) is 6.87. The van der Waals surface area contributed by atoms with Gasteiger partial charge in [0.1, 0.15) is 34.5 Å². The number of oxime groups is 6. The Balaban J connectivity index is -0.0000000833. The molecule has 0 aromatic heterocycles. The number of rotatable bonds is 8. The van der Waals surface area contributed by atoms with Crippen molar-refractivity contribution in [1.82, 2.24) is 0 Å². The molecule has 0 aliphatic carbocycles. The molecule has 0 heterocycles. The molecule has 0 saturated carbocycles. The maximum Gasteiger partial charge on any atom is 0.178 e. The molecule has 0 atom stereocenters. The summed E-state index contributed by atoms with van der Waals surface area (Å²) in [6.45, 7) is 7.72. The average molecular weight is 1620 g/mol. The summed E-state index contributed by atoms with van der Waals surface area (Å²) in [4.78, 5) is 0. The Labute approximate surface area is 631 Å². The van der Waals surface area contributed by atoms with Crippen LogP contribution < -0.4 is 0 Å². The first-order chi connectivity index (χ1) is 43.3. The van der Waals surface area contributed by atoms with Gasteiger partial charge in [-0.3, -0.25) is 0 Å². The molecule has 8 aromatic rings. The third kappa shape index (κ3) is 66.7. The molecule has 24 N–H and O–H groups in total. The fourth-order valence-corrected chi connectivity index (χ4v) is 5.20. The molecule has 98 heavy (non-hydrogen) atoms. The third-order valence-electron chi connectivity index (χ3n) is 9.00. The van der Waals surface area contributed by atoms with Gasteiger partial charge in [0.25, 0.3) is 0 Å². The van der Waals surface area contributed by atoms with Gasteiger partial charge < -0.3 is 114 Å². The minimum absolute atomic E-state index is 0. The van der Waals surface area contributed by atoms with Gasteiger partial charge in [-0.25, -0.2) is 0 Å². The van der Waals surface area contributed by atoms with Crippen LogP contribution in [-0.2, 0) is 102 Å². The summed E-state index contributed by atoms with van der Waals surface area (Å²) in [6.07, 6.45) is 4.37. The Morgan fingerprint density at radius 2 is 0.357 bits per heavy atom. The van der Waals surface area contributed by atoms with Gasteiger partial charge in [0.05, 0.1) is 37.3 Å². The van der Waals surface area contributed by atoms with Crippen LogP contribution in [0, 0.1) is 0 Å². The van der Waals surface area contributed by atoms with Crippen LogP contribution in [0.3, 0.4) is 0 Å². The Morgan fingerprint density at radius 3 is 0.449 bits per heavy atom. The van der Waals surface area contributed by atoms with Gasteiger partial charge in [-0.1, -0.05) is 164 Å². The van der Waals surface area contributed by atoms with Crippen molar-refractivity contribution in [2.24, 2.45) is 30.9 Å². The van der Waals surface area contributed by atoms with E-state index >= 15 is 0 Å². The minimum atomic E-state index is -1.34. The summed E-state index contributed by atoms with van der Waals surface area (Å²) in [7, 11) is 0. The first-order valence-electron chi connectivity index (χ1n) is 26.3. The number of aliphatic hydroxyl groups excluding tert-OH is 6. The van der Waals surface area contributed by atoms with Gasteiger partial charge in [-0.2, -0.15) is 0 Å². The quantitative estimate of drug-likeness (QED) is 0.0242.